The Morgan fingerprint density at radius 3 is 2.17 bits per heavy atom. The SMILES string of the molecule is C=CC.CCC1(C2CO2)OC1C. The second-order valence-electron chi connectivity index (χ2n) is 3.30. The van der Waals surface area contributed by atoms with Gasteiger partial charge in [-0.25, -0.2) is 0 Å². The number of allylic oxidation sites excluding steroid dienone is 1. The first kappa shape index (κ1) is 9.75. The Kier molecular flexibility index (Phi) is 2.91. The van der Waals surface area contributed by atoms with E-state index < -0.39 is 0 Å². The molecule has 2 aliphatic heterocycles. The van der Waals surface area contributed by atoms with Gasteiger partial charge in [0, 0.05) is 0 Å². The first-order valence-corrected chi connectivity index (χ1v) is 4.57. The Morgan fingerprint density at radius 2 is 2.08 bits per heavy atom. The normalized spacial score (nSPS) is 42.6. The summed E-state index contributed by atoms with van der Waals surface area (Å²) in [6.07, 6.45) is 3.71. The lowest BCUT2D eigenvalue weighted by atomic mass is 10.00. The summed E-state index contributed by atoms with van der Waals surface area (Å²) in [6, 6.07) is 0. The molecule has 3 atom stereocenters. The summed E-state index contributed by atoms with van der Waals surface area (Å²) >= 11 is 0. The van der Waals surface area contributed by atoms with Crippen molar-refractivity contribution in [1.82, 2.24) is 0 Å². The molecule has 0 saturated carbocycles. The van der Waals surface area contributed by atoms with Gasteiger partial charge in [0.25, 0.3) is 0 Å². The molecule has 0 spiro atoms. The van der Waals surface area contributed by atoms with Crippen molar-refractivity contribution < 1.29 is 9.47 Å². The third-order valence-corrected chi connectivity index (χ3v) is 2.46. The Morgan fingerprint density at radius 1 is 1.67 bits per heavy atom. The van der Waals surface area contributed by atoms with Crippen LogP contribution in [0.3, 0.4) is 0 Å². The molecule has 2 fully saturated rings. The van der Waals surface area contributed by atoms with Crippen molar-refractivity contribution in [2.24, 2.45) is 0 Å². The molecular weight excluding hydrogens is 152 g/mol. The standard InChI is InChI=1S/C7H12O2.C3H6/c1-3-7(5(2)9-7)6-4-8-6;1-3-2/h5-6H,3-4H2,1-2H3;3H,1H2,2H3. The van der Waals surface area contributed by atoms with Crippen LogP contribution in [0.2, 0.25) is 0 Å². The Labute approximate surface area is 74.6 Å². The highest BCUT2D eigenvalue weighted by atomic mass is 16.7. The Hall–Kier alpha value is -0.340. The largest absolute Gasteiger partial charge is 0.370 e. The summed E-state index contributed by atoms with van der Waals surface area (Å²) in [5.41, 5.74) is 0.139. The monoisotopic (exact) mass is 170 g/mol. The van der Waals surface area contributed by atoms with Gasteiger partial charge in [0.2, 0.25) is 0 Å². The molecule has 12 heavy (non-hydrogen) atoms. The second-order valence-corrected chi connectivity index (χ2v) is 3.30. The van der Waals surface area contributed by atoms with Gasteiger partial charge in [-0.15, -0.1) is 6.58 Å². The second kappa shape index (κ2) is 3.58. The van der Waals surface area contributed by atoms with Gasteiger partial charge in [0.05, 0.1) is 12.7 Å². The quantitative estimate of drug-likeness (QED) is 0.468. The maximum Gasteiger partial charge on any atom is 0.122 e. The van der Waals surface area contributed by atoms with E-state index in [2.05, 4.69) is 20.4 Å². The van der Waals surface area contributed by atoms with Gasteiger partial charge in [-0.3, -0.25) is 0 Å². The molecule has 0 aromatic rings. The third-order valence-electron chi connectivity index (χ3n) is 2.46. The molecule has 2 heteroatoms. The lowest BCUT2D eigenvalue weighted by Crippen LogP contribution is -2.20. The van der Waals surface area contributed by atoms with Gasteiger partial charge in [0.15, 0.2) is 0 Å². The highest BCUT2D eigenvalue weighted by Gasteiger charge is 2.62. The van der Waals surface area contributed by atoms with Crippen LogP contribution in [0.5, 0.6) is 0 Å². The van der Waals surface area contributed by atoms with E-state index in [1.165, 1.54) is 0 Å². The summed E-state index contributed by atoms with van der Waals surface area (Å²) in [7, 11) is 0. The predicted molar refractivity (Wildman–Crippen MR) is 49.2 cm³/mol. The Balaban J connectivity index is 0.000000213. The van der Waals surface area contributed by atoms with Crippen LogP contribution in [0.25, 0.3) is 0 Å². The van der Waals surface area contributed by atoms with Crippen molar-refractivity contribution in [3.05, 3.63) is 12.7 Å². The van der Waals surface area contributed by atoms with E-state index in [1.54, 1.807) is 6.08 Å². The fraction of sp³-hybridized carbons (Fsp3) is 0.800. The summed E-state index contributed by atoms with van der Waals surface area (Å²) in [5, 5.41) is 0. The predicted octanol–water partition coefficient (Wildman–Crippen LogP) is 2.15. The van der Waals surface area contributed by atoms with Gasteiger partial charge >= 0.3 is 0 Å². The van der Waals surface area contributed by atoms with Gasteiger partial charge in [-0.05, 0) is 20.3 Å². The van der Waals surface area contributed by atoms with Crippen LogP contribution in [0.15, 0.2) is 12.7 Å². The van der Waals surface area contributed by atoms with E-state index in [9.17, 15) is 0 Å². The molecule has 0 aromatic carbocycles. The van der Waals surface area contributed by atoms with Gasteiger partial charge < -0.3 is 9.47 Å². The highest BCUT2D eigenvalue weighted by molar-refractivity contribution is 5.09. The van der Waals surface area contributed by atoms with Crippen LogP contribution in [-0.4, -0.2) is 24.4 Å². The molecule has 70 valence electrons. The fourth-order valence-electron chi connectivity index (χ4n) is 1.56. The Bertz CT molecular complexity index is 159. The number of ether oxygens (including phenoxy) is 2. The van der Waals surface area contributed by atoms with Crippen molar-refractivity contribution in [2.45, 2.75) is 45.0 Å². The molecule has 0 N–H and O–H groups in total. The third kappa shape index (κ3) is 1.70. The van der Waals surface area contributed by atoms with Crippen molar-refractivity contribution >= 4 is 0 Å². The summed E-state index contributed by atoms with van der Waals surface area (Å²) in [6.45, 7) is 10.4. The lowest BCUT2D eigenvalue weighted by molar-refractivity contribution is 0.229. The molecule has 0 bridgehead atoms. The first-order chi connectivity index (χ1) is 5.71. The highest BCUT2D eigenvalue weighted by Crippen LogP contribution is 2.47. The molecule has 0 aliphatic carbocycles. The van der Waals surface area contributed by atoms with Crippen molar-refractivity contribution in [2.75, 3.05) is 6.61 Å². The van der Waals surface area contributed by atoms with E-state index in [0.717, 1.165) is 13.0 Å². The van der Waals surface area contributed by atoms with Crippen LogP contribution in [0.4, 0.5) is 0 Å². The van der Waals surface area contributed by atoms with Crippen molar-refractivity contribution in [3.63, 3.8) is 0 Å². The van der Waals surface area contributed by atoms with Crippen molar-refractivity contribution in [1.29, 1.82) is 0 Å². The first-order valence-electron chi connectivity index (χ1n) is 4.57. The summed E-state index contributed by atoms with van der Waals surface area (Å²) in [5.74, 6) is 0. The zero-order chi connectivity index (χ0) is 9.19. The topological polar surface area (TPSA) is 25.1 Å². The zero-order valence-electron chi connectivity index (χ0n) is 8.17. The zero-order valence-corrected chi connectivity index (χ0v) is 8.17. The van der Waals surface area contributed by atoms with E-state index in [0.29, 0.717) is 12.2 Å². The van der Waals surface area contributed by atoms with Crippen molar-refractivity contribution in [3.8, 4) is 0 Å². The minimum atomic E-state index is 0.139. The summed E-state index contributed by atoms with van der Waals surface area (Å²) < 4.78 is 10.6. The molecule has 3 unspecified atom stereocenters. The molecule has 2 nitrogen and oxygen atoms in total. The number of rotatable bonds is 2. The number of hydrogen-bond donors (Lipinski definition) is 0. The molecule has 0 aromatic heterocycles. The van der Waals surface area contributed by atoms with Gasteiger partial charge in [-0.2, -0.15) is 0 Å². The van der Waals surface area contributed by atoms with E-state index >= 15 is 0 Å². The molecular formula is C10H18O2. The number of epoxide rings is 2. The average Bonchev–Trinajstić information content (AvgIpc) is 2.83. The molecule has 2 rings (SSSR count). The smallest absolute Gasteiger partial charge is 0.122 e. The van der Waals surface area contributed by atoms with Crippen LogP contribution in [0, 0.1) is 0 Å². The van der Waals surface area contributed by atoms with Crippen LogP contribution in [-0.2, 0) is 9.47 Å². The lowest BCUT2D eigenvalue weighted by Gasteiger charge is -2.02. The number of hydrogen-bond acceptors (Lipinski definition) is 2. The van der Waals surface area contributed by atoms with Crippen LogP contribution in [0.1, 0.15) is 27.2 Å². The van der Waals surface area contributed by atoms with E-state index in [1.807, 2.05) is 6.92 Å². The van der Waals surface area contributed by atoms with E-state index in [4.69, 9.17) is 9.47 Å². The molecule has 0 amide bonds. The van der Waals surface area contributed by atoms with Gasteiger partial charge in [0.1, 0.15) is 11.7 Å². The van der Waals surface area contributed by atoms with Gasteiger partial charge in [-0.1, -0.05) is 13.0 Å². The molecule has 2 aliphatic rings. The summed E-state index contributed by atoms with van der Waals surface area (Å²) in [4.78, 5) is 0. The van der Waals surface area contributed by atoms with Crippen LogP contribution >= 0.6 is 0 Å². The minimum Gasteiger partial charge on any atom is -0.370 e. The minimum absolute atomic E-state index is 0.139. The fourth-order valence-corrected chi connectivity index (χ4v) is 1.56. The maximum absolute atomic E-state index is 5.45. The maximum atomic E-state index is 5.45. The van der Waals surface area contributed by atoms with Crippen LogP contribution < -0.4 is 0 Å². The van der Waals surface area contributed by atoms with E-state index in [-0.39, 0.29) is 5.60 Å². The molecule has 2 heterocycles. The molecule has 2 saturated heterocycles. The molecule has 0 radical (unpaired) electrons. The average molecular weight is 170 g/mol.